The number of alkyl halides is 3. The van der Waals surface area contributed by atoms with Crippen LogP contribution >= 0.6 is 0 Å². The van der Waals surface area contributed by atoms with E-state index in [2.05, 4.69) is 15.6 Å². The third kappa shape index (κ3) is 2.79. The predicted molar refractivity (Wildman–Crippen MR) is 94.3 cm³/mol. The molecule has 28 heavy (non-hydrogen) atoms. The van der Waals surface area contributed by atoms with E-state index in [4.69, 9.17) is 0 Å². The Hall–Kier alpha value is -3.36. The monoisotopic (exact) mass is 388 g/mol. The van der Waals surface area contributed by atoms with Gasteiger partial charge in [0.15, 0.2) is 5.69 Å². The zero-order chi connectivity index (χ0) is 20.1. The maximum atomic E-state index is 12.8. The summed E-state index contributed by atoms with van der Waals surface area (Å²) in [7, 11) is 0. The Bertz CT molecular complexity index is 1090. The number of hydrogen-bond donors (Lipinski definition) is 2. The third-order valence-electron chi connectivity index (χ3n) is 4.92. The van der Waals surface area contributed by atoms with Gasteiger partial charge in [-0.05, 0) is 35.2 Å². The van der Waals surface area contributed by atoms with Crippen molar-refractivity contribution in [2.24, 2.45) is 0 Å². The summed E-state index contributed by atoms with van der Waals surface area (Å²) in [6, 6.07) is 9.61. The predicted octanol–water partition coefficient (Wildman–Crippen LogP) is 3.46. The minimum atomic E-state index is -4.51. The van der Waals surface area contributed by atoms with Gasteiger partial charge in [-0.3, -0.25) is 10.1 Å². The van der Waals surface area contributed by atoms with Crippen LogP contribution in [-0.2, 0) is 16.5 Å². The zero-order valence-electron chi connectivity index (χ0n) is 14.7. The van der Waals surface area contributed by atoms with E-state index in [1.807, 2.05) is 0 Å². The summed E-state index contributed by atoms with van der Waals surface area (Å²) in [5.74, 6) is -0.410. The number of aromatic nitrogens is 2. The van der Waals surface area contributed by atoms with Gasteiger partial charge in [-0.1, -0.05) is 31.2 Å². The molecular formula is C19H15F3N4O2. The molecule has 0 radical (unpaired) electrons. The molecule has 9 heteroatoms. The summed E-state index contributed by atoms with van der Waals surface area (Å²) in [5, 5.41) is 4.91. The van der Waals surface area contributed by atoms with Crippen LogP contribution in [0.5, 0.6) is 0 Å². The molecule has 0 unspecified atom stereocenters. The maximum Gasteiger partial charge on any atom is 0.434 e. The SMILES string of the molecule is CC[C@@]1(c2ccc(-c3ccc4nc(C(F)(F)F)cn4c3)cc2)NC(=O)NC1=O. The average molecular weight is 388 g/mol. The fraction of sp³-hybridized carbons (Fsp3) is 0.211. The van der Waals surface area contributed by atoms with Gasteiger partial charge in [-0.15, -0.1) is 0 Å². The summed E-state index contributed by atoms with van der Waals surface area (Å²) in [6.45, 7) is 1.80. The van der Waals surface area contributed by atoms with Gasteiger partial charge in [0.05, 0.1) is 0 Å². The molecule has 2 aromatic heterocycles. The van der Waals surface area contributed by atoms with Gasteiger partial charge in [0, 0.05) is 12.4 Å². The van der Waals surface area contributed by atoms with Crippen LogP contribution in [0.2, 0.25) is 0 Å². The number of nitrogens with zero attached hydrogens (tertiary/aromatic N) is 2. The topological polar surface area (TPSA) is 75.5 Å². The largest absolute Gasteiger partial charge is 0.434 e. The van der Waals surface area contributed by atoms with Crippen molar-refractivity contribution < 1.29 is 22.8 Å². The van der Waals surface area contributed by atoms with Gasteiger partial charge < -0.3 is 9.72 Å². The molecule has 1 saturated heterocycles. The van der Waals surface area contributed by atoms with Crippen molar-refractivity contribution in [3.8, 4) is 11.1 Å². The molecule has 1 aliphatic heterocycles. The molecule has 0 saturated carbocycles. The first-order valence-corrected chi connectivity index (χ1v) is 8.53. The molecule has 144 valence electrons. The fourth-order valence-corrected chi connectivity index (χ4v) is 3.39. The Morgan fingerprint density at radius 1 is 1.04 bits per heavy atom. The van der Waals surface area contributed by atoms with Crippen molar-refractivity contribution in [3.05, 3.63) is 60.0 Å². The van der Waals surface area contributed by atoms with Crippen molar-refractivity contribution in [1.29, 1.82) is 0 Å². The number of rotatable bonds is 3. The molecule has 3 amide bonds. The average Bonchev–Trinajstić information content (AvgIpc) is 3.22. The lowest BCUT2D eigenvalue weighted by atomic mass is 9.86. The van der Waals surface area contributed by atoms with Gasteiger partial charge in [0.25, 0.3) is 5.91 Å². The van der Waals surface area contributed by atoms with Gasteiger partial charge in [0.2, 0.25) is 0 Å². The first kappa shape index (κ1) is 18.0. The van der Waals surface area contributed by atoms with Crippen molar-refractivity contribution in [2.75, 3.05) is 0 Å². The number of imide groups is 1. The van der Waals surface area contributed by atoms with E-state index < -0.39 is 29.3 Å². The normalized spacial score (nSPS) is 19.7. The highest BCUT2D eigenvalue weighted by atomic mass is 19.4. The van der Waals surface area contributed by atoms with E-state index in [0.717, 1.165) is 11.8 Å². The van der Waals surface area contributed by atoms with Crippen LogP contribution in [0.1, 0.15) is 24.6 Å². The first-order chi connectivity index (χ1) is 13.2. The van der Waals surface area contributed by atoms with Crippen LogP contribution in [0.25, 0.3) is 16.8 Å². The molecule has 3 aromatic rings. The van der Waals surface area contributed by atoms with Crippen molar-refractivity contribution in [2.45, 2.75) is 25.1 Å². The molecule has 0 aliphatic carbocycles. The van der Waals surface area contributed by atoms with E-state index in [1.54, 1.807) is 43.5 Å². The number of imidazole rings is 1. The fourth-order valence-electron chi connectivity index (χ4n) is 3.39. The smallest absolute Gasteiger partial charge is 0.319 e. The number of urea groups is 1. The van der Waals surface area contributed by atoms with Gasteiger partial charge in [-0.25, -0.2) is 9.78 Å². The number of nitrogens with one attached hydrogen (secondary N) is 2. The Morgan fingerprint density at radius 3 is 2.29 bits per heavy atom. The summed E-state index contributed by atoms with van der Waals surface area (Å²) in [5.41, 5.74) is 0.200. The number of benzene rings is 1. The molecule has 0 spiro atoms. The number of hydrogen-bond acceptors (Lipinski definition) is 3. The molecule has 1 fully saturated rings. The van der Waals surface area contributed by atoms with E-state index in [-0.39, 0.29) is 5.65 Å². The van der Waals surface area contributed by atoms with Crippen LogP contribution in [-0.4, -0.2) is 21.3 Å². The summed E-state index contributed by atoms with van der Waals surface area (Å²) in [6.07, 6.45) is -1.62. The molecule has 3 heterocycles. The minimum absolute atomic E-state index is 0.197. The van der Waals surface area contributed by atoms with Crippen LogP contribution < -0.4 is 10.6 Å². The third-order valence-corrected chi connectivity index (χ3v) is 4.92. The molecule has 1 aliphatic rings. The molecule has 1 atom stereocenters. The number of carbonyl (C=O) groups excluding carboxylic acids is 2. The molecular weight excluding hydrogens is 373 g/mol. The van der Waals surface area contributed by atoms with Gasteiger partial charge in [-0.2, -0.15) is 13.2 Å². The summed E-state index contributed by atoms with van der Waals surface area (Å²) < 4.78 is 39.8. The Kier molecular flexibility index (Phi) is 3.91. The number of halogens is 3. The van der Waals surface area contributed by atoms with Gasteiger partial charge >= 0.3 is 12.2 Å². The number of amides is 3. The summed E-state index contributed by atoms with van der Waals surface area (Å²) >= 11 is 0. The van der Waals surface area contributed by atoms with Crippen LogP contribution in [0.3, 0.4) is 0 Å². The molecule has 6 nitrogen and oxygen atoms in total. The standard InChI is InChI=1S/C19H15F3N4O2/c1-2-18(16(27)24-17(28)25-18)13-6-3-11(4-7-13)12-5-8-15-23-14(19(20,21)22)10-26(15)9-12/h3-10H,2H2,1H3,(H2,24,25,27,28)/t18-/m0/s1. The summed E-state index contributed by atoms with van der Waals surface area (Å²) in [4.78, 5) is 27.4. The molecule has 2 N–H and O–H groups in total. The Labute approximate surface area is 157 Å². The first-order valence-electron chi connectivity index (χ1n) is 8.53. The maximum absolute atomic E-state index is 12.8. The number of pyridine rings is 1. The lowest BCUT2D eigenvalue weighted by Crippen LogP contribution is -2.43. The molecule has 4 rings (SSSR count). The highest BCUT2D eigenvalue weighted by molar-refractivity contribution is 6.07. The lowest BCUT2D eigenvalue weighted by molar-refractivity contribution is -0.140. The Morgan fingerprint density at radius 2 is 1.71 bits per heavy atom. The van der Waals surface area contributed by atoms with Crippen LogP contribution in [0.4, 0.5) is 18.0 Å². The highest BCUT2D eigenvalue weighted by Crippen LogP contribution is 2.32. The van der Waals surface area contributed by atoms with Crippen LogP contribution in [0.15, 0.2) is 48.8 Å². The van der Waals surface area contributed by atoms with E-state index in [9.17, 15) is 22.8 Å². The van der Waals surface area contributed by atoms with Gasteiger partial charge in [0.1, 0.15) is 11.2 Å². The molecule has 1 aromatic carbocycles. The van der Waals surface area contributed by atoms with Crippen molar-refractivity contribution >= 4 is 17.6 Å². The highest BCUT2D eigenvalue weighted by Gasteiger charge is 2.46. The molecule has 0 bridgehead atoms. The van der Waals surface area contributed by atoms with E-state index in [1.165, 1.54) is 10.5 Å². The lowest BCUT2D eigenvalue weighted by Gasteiger charge is -2.25. The second kappa shape index (κ2) is 6.08. The minimum Gasteiger partial charge on any atom is -0.319 e. The van der Waals surface area contributed by atoms with Crippen molar-refractivity contribution in [1.82, 2.24) is 20.0 Å². The zero-order valence-corrected chi connectivity index (χ0v) is 14.7. The van der Waals surface area contributed by atoms with E-state index in [0.29, 0.717) is 17.5 Å². The van der Waals surface area contributed by atoms with Crippen LogP contribution in [0, 0.1) is 0 Å². The number of carbonyl (C=O) groups is 2. The quantitative estimate of drug-likeness (QED) is 0.675. The second-order valence-electron chi connectivity index (χ2n) is 6.55. The second-order valence-corrected chi connectivity index (χ2v) is 6.55. The van der Waals surface area contributed by atoms with Crippen molar-refractivity contribution in [3.63, 3.8) is 0 Å². The Balaban J connectivity index is 1.69. The van der Waals surface area contributed by atoms with E-state index >= 15 is 0 Å². The number of fused-ring (bicyclic) bond motifs is 1.